The molecule has 3 heterocycles. The molecule has 5 rings (SSSR count). The molecule has 0 bridgehead atoms. The molecule has 3 aromatic rings. The van der Waals surface area contributed by atoms with E-state index in [1.54, 1.807) is 34.7 Å². The molecule has 0 radical (unpaired) electrons. The van der Waals surface area contributed by atoms with Gasteiger partial charge in [0.25, 0.3) is 10.0 Å². The third-order valence-electron chi connectivity index (χ3n) is 6.30. The number of carbonyl (C=O) groups is 1. The predicted octanol–water partition coefficient (Wildman–Crippen LogP) is 4.48. The highest BCUT2D eigenvalue weighted by molar-refractivity contribution is 7.93. The number of sulfonamides is 1. The molecule has 0 unspecified atom stereocenters. The molecule has 35 heavy (non-hydrogen) atoms. The highest BCUT2D eigenvalue weighted by Gasteiger charge is 2.40. The lowest BCUT2D eigenvalue weighted by molar-refractivity contribution is -0.118. The lowest BCUT2D eigenvalue weighted by Gasteiger charge is -2.26. The Labute approximate surface area is 212 Å². The summed E-state index contributed by atoms with van der Waals surface area (Å²) in [4.78, 5) is 21.2. The van der Waals surface area contributed by atoms with E-state index >= 15 is 0 Å². The number of benzene rings is 2. The van der Waals surface area contributed by atoms with E-state index < -0.39 is 15.8 Å². The van der Waals surface area contributed by atoms with E-state index in [0.717, 1.165) is 11.3 Å². The van der Waals surface area contributed by atoms with Gasteiger partial charge in [0.2, 0.25) is 5.91 Å². The summed E-state index contributed by atoms with van der Waals surface area (Å²) in [5, 5.41) is 2.19. The fourth-order valence-electron chi connectivity index (χ4n) is 4.64. The maximum Gasteiger partial charge on any atom is 0.266 e. The minimum Gasteiger partial charge on any atom is -0.359 e. The van der Waals surface area contributed by atoms with Crippen molar-refractivity contribution in [2.75, 3.05) is 33.7 Å². The van der Waals surface area contributed by atoms with Gasteiger partial charge in [0.05, 0.1) is 16.5 Å². The third kappa shape index (κ3) is 4.09. The molecule has 0 saturated carbocycles. The number of carbonyl (C=O) groups excluding carboxylic acids is 1. The van der Waals surface area contributed by atoms with Crippen molar-refractivity contribution in [1.82, 2.24) is 4.98 Å². The van der Waals surface area contributed by atoms with Gasteiger partial charge in [-0.15, -0.1) is 17.9 Å². The molecule has 1 amide bonds. The van der Waals surface area contributed by atoms with Gasteiger partial charge in [0.15, 0.2) is 5.13 Å². The molecule has 0 N–H and O–H groups in total. The number of rotatable bonds is 7. The second-order valence-corrected chi connectivity index (χ2v) is 11.3. The van der Waals surface area contributed by atoms with E-state index in [0.29, 0.717) is 36.8 Å². The average Bonchev–Trinajstić information content (AvgIpc) is 3.60. The molecule has 1 saturated heterocycles. The summed E-state index contributed by atoms with van der Waals surface area (Å²) in [6.07, 6.45) is 4.24. The zero-order chi connectivity index (χ0) is 24.7. The molecule has 2 aliphatic rings. The van der Waals surface area contributed by atoms with Gasteiger partial charge in [-0.3, -0.25) is 4.79 Å². The Balaban J connectivity index is 1.36. The van der Waals surface area contributed by atoms with Gasteiger partial charge in [-0.05, 0) is 54.8 Å². The van der Waals surface area contributed by atoms with Crippen LogP contribution in [-0.2, 0) is 21.2 Å². The zero-order valence-electron chi connectivity index (χ0n) is 18.6. The summed E-state index contributed by atoms with van der Waals surface area (Å²) in [6.45, 7) is 4.84. The highest BCUT2D eigenvalue weighted by atomic mass is 35.5. The number of hydrogen-bond donors (Lipinski definition) is 0. The first-order valence-corrected chi connectivity index (χ1v) is 13.7. The predicted molar refractivity (Wildman–Crippen MR) is 137 cm³/mol. The Morgan fingerprint density at radius 3 is 2.69 bits per heavy atom. The van der Waals surface area contributed by atoms with Gasteiger partial charge >= 0.3 is 0 Å². The summed E-state index contributed by atoms with van der Waals surface area (Å²) in [5.74, 6) is -0.534. The van der Waals surface area contributed by atoms with Crippen molar-refractivity contribution >= 4 is 55.4 Å². The molecule has 182 valence electrons. The quantitative estimate of drug-likeness (QED) is 0.419. The van der Waals surface area contributed by atoms with Crippen LogP contribution in [-0.4, -0.2) is 45.0 Å². The number of amides is 1. The molecular weight excluding hydrogens is 511 g/mol. The van der Waals surface area contributed by atoms with Gasteiger partial charge in [0, 0.05) is 36.0 Å². The first kappa shape index (κ1) is 23.8. The van der Waals surface area contributed by atoms with Crippen LogP contribution in [0.4, 0.5) is 20.9 Å². The lowest BCUT2D eigenvalue weighted by atomic mass is 10.1. The van der Waals surface area contributed by atoms with Crippen LogP contribution in [0.3, 0.4) is 0 Å². The standard InChI is InChI=1S/C24H22ClFN4O3S2/c1-2-12-30(24-27-11-15-34-24)35(32,33)17-5-3-16(4-6-17)28-14-10-21(23(28)31)29-13-9-18-20(29)8-7-19(26)22(18)25/h2-8,11,15,21H,1,9-10,12-14H2/t21-/m0/s1. The topological polar surface area (TPSA) is 73.8 Å². The van der Waals surface area contributed by atoms with E-state index in [1.165, 1.54) is 39.9 Å². The van der Waals surface area contributed by atoms with E-state index in [-0.39, 0.29) is 28.4 Å². The number of fused-ring (bicyclic) bond motifs is 1. The molecule has 11 heteroatoms. The molecule has 0 aliphatic carbocycles. The maximum atomic E-state index is 13.8. The maximum absolute atomic E-state index is 13.8. The van der Waals surface area contributed by atoms with Crippen LogP contribution in [0.2, 0.25) is 5.02 Å². The molecular formula is C24H22ClFN4O3S2. The van der Waals surface area contributed by atoms with E-state index in [1.807, 2.05) is 4.90 Å². The van der Waals surface area contributed by atoms with Crippen molar-refractivity contribution in [3.05, 3.63) is 77.0 Å². The summed E-state index contributed by atoms with van der Waals surface area (Å²) in [6, 6.07) is 8.92. The van der Waals surface area contributed by atoms with Gasteiger partial charge in [-0.2, -0.15) is 0 Å². The molecule has 2 aliphatic heterocycles. The minimum atomic E-state index is -3.85. The van der Waals surface area contributed by atoms with E-state index in [9.17, 15) is 17.6 Å². The molecule has 1 atom stereocenters. The zero-order valence-corrected chi connectivity index (χ0v) is 21.0. The first-order valence-electron chi connectivity index (χ1n) is 11.0. The first-order chi connectivity index (χ1) is 16.8. The van der Waals surface area contributed by atoms with E-state index in [4.69, 9.17) is 11.6 Å². The fourth-order valence-corrected chi connectivity index (χ4v) is 7.16. The van der Waals surface area contributed by atoms with Crippen molar-refractivity contribution in [3.63, 3.8) is 0 Å². The Bertz CT molecular complexity index is 1380. The summed E-state index contributed by atoms with van der Waals surface area (Å²) in [5.41, 5.74) is 2.15. The fraction of sp³-hybridized carbons (Fsp3) is 0.250. The highest BCUT2D eigenvalue weighted by Crippen LogP contribution is 2.38. The number of halogens is 2. The summed E-state index contributed by atoms with van der Waals surface area (Å²) >= 11 is 7.37. The van der Waals surface area contributed by atoms with Gasteiger partial charge < -0.3 is 9.80 Å². The van der Waals surface area contributed by atoms with Crippen LogP contribution in [0.5, 0.6) is 0 Å². The largest absolute Gasteiger partial charge is 0.359 e. The molecule has 1 fully saturated rings. The smallest absolute Gasteiger partial charge is 0.266 e. The van der Waals surface area contributed by atoms with Crippen LogP contribution in [0.25, 0.3) is 0 Å². The Morgan fingerprint density at radius 1 is 1.23 bits per heavy atom. The van der Waals surface area contributed by atoms with E-state index in [2.05, 4.69) is 11.6 Å². The Hall–Kier alpha value is -2.95. The van der Waals surface area contributed by atoms with Crippen molar-refractivity contribution in [2.45, 2.75) is 23.8 Å². The van der Waals surface area contributed by atoms with Crippen LogP contribution in [0.15, 0.2) is 65.5 Å². The monoisotopic (exact) mass is 532 g/mol. The Morgan fingerprint density at radius 2 is 2.00 bits per heavy atom. The summed E-state index contributed by atoms with van der Waals surface area (Å²) in [7, 11) is -3.85. The number of nitrogens with zero attached hydrogens (tertiary/aromatic N) is 4. The van der Waals surface area contributed by atoms with Crippen molar-refractivity contribution in [2.24, 2.45) is 0 Å². The Kier molecular flexibility index (Phi) is 6.29. The van der Waals surface area contributed by atoms with Gasteiger partial charge in [0.1, 0.15) is 11.9 Å². The lowest BCUT2D eigenvalue weighted by Crippen LogP contribution is -2.41. The van der Waals surface area contributed by atoms with Crippen molar-refractivity contribution in [3.8, 4) is 0 Å². The number of thiazole rings is 1. The normalized spacial score (nSPS) is 17.7. The van der Waals surface area contributed by atoms with Gasteiger partial charge in [-0.1, -0.05) is 17.7 Å². The van der Waals surface area contributed by atoms with Crippen LogP contribution in [0, 0.1) is 5.82 Å². The molecule has 7 nitrogen and oxygen atoms in total. The van der Waals surface area contributed by atoms with Crippen LogP contribution < -0.4 is 14.1 Å². The number of hydrogen-bond acceptors (Lipinski definition) is 6. The molecule has 0 spiro atoms. The van der Waals surface area contributed by atoms with Crippen LogP contribution >= 0.6 is 22.9 Å². The SMILES string of the molecule is C=CCN(c1nccs1)S(=O)(=O)c1ccc(N2CC[C@H](N3CCc4c3ccc(F)c4Cl)C2=O)cc1. The second kappa shape index (κ2) is 9.25. The van der Waals surface area contributed by atoms with Crippen molar-refractivity contribution in [1.29, 1.82) is 0 Å². The van der Waals surface area contributed by atoms with Crippen molar-refractivity contribution < 1.29 is 17.6 Å². The number of anilines is 3. The van der Waals surface area contributed by atoms with Crippen LogP contribution in [0.1, 0.15) is 12.0 Å². The average molecular weight is 533 g/mol. The second-order valence-electron chi connectivity index (χ2n) is 8.23. The minimum absolute atomic E-state index is 0.0787. The summed E-state index contributed by atoms with van der Waals surface area (Å²) < 4.78 is 41.5. The van der Waals surface area contributed by atoms with Gasteiger partial charge in [-0.25, -0.2) is 22.1 Å². The third-order valence-corrected chi connectivity index (χ3v) is 9.39. The number of aromatic nitrogens is 1. The molecule has 1 aromatic heterocycles. The molecule has 2 aromatic carbocycles.